The number of rotatable bonds is 5. The normalized spacial score (nSPS) is 14.6. The Balaban J connectivity index is 0.00000243. The van der Waals surface area contributed by atoms with Crippen molar-refractivity contribution in [3.05, 3.63) is 68.0 Å². The van der Waals surface area contributed by atoms with Crippen LogP contribution in [-0.2, 0) is 6.54 Å². The van der Waals surface area contributed by atoms with Crippen LogP contribution in [0.5, 0.6) is 0 Å². The summed E-state index contributed by atoms with van der Waals surface area (Å²) in [6.45, 7) is 1.65. The summed E-state index contributed by atoms with van der Waals surface area (Å²) in [7, 11) is 0. The first kappa shape index (κ1) is 20.2. The van der Waals surface area contributed by atoms with Gasteiger partial charge < -0.3 is 9.32 Å². The van der Waals surface area contributed by atoms with Crippen molar-refractivity contribution >= 4 is 47.5 Å². The highest BCUT2D eigenvalue weighted by molar-refractivity contribution is 6.29. The molecule has 0 spiro atoms. The number of aliphatic imine (C=N–C) groups is 1. The van der Waals surface area contributed by atoms with Crippen LogP contribution in [-0.4, -0.2) is 33.7 Å². The number of nitro groups is 1. The largest absolute Gasteiger partial charge is 0.445 e. The van der Waals surface area contributed by atoms with Gasteiger partial charge in [-0.25, -0.2) is 4.98 Å². The third kappa shape index (κ3) is 4.97. The summed E-state index contributed by atoms with van der Waals surface area (Å²) >= 11 is 11.5. The predicted molar refractivity (Wildman–Crippen MR) is 103 cm³/mol. The molecule has 0 unspecified atom stereocenters. The molecule has 7 nitrogen and oxygen atoms in total. The minimum atomic E-state index is -0.465. The van der Waals surface area contributed by atoms with E-state index in [0.29, 0.717) is 36.4 Å². The Morgan fingerprint density at radius 3 is 2.77 bits per heavy atom. The van der Waals surface area contributed by atoms with Gasteiger partial charge in [-0.2, -0.15) is 0 Å². The lowest BCUT2D eigenvalue weighted by Gasteiger charge is -2.27. The molecule has 1 aliphatic rings. The van der Waals surface area contributed by atoms with E-state index in [4.69, 9.17) is 27.6 Å². The second-order valence-electron chi connectivity index (χ2n) is 5.40. The zero-order valence-corrected chi connectivity index (χ0v) is 15.8. The fraction of sp³-hybridized carbons (Fsp3) is 0.250. The molecule has 1 aliphatic heterocycles. The summed E-state index contributed by atoms with van der Waals surface area (Å²) in [5, 5.41) is 12.1. The van der Waals surface area contributed by atoms with Crippen LogP contribution in [0.25, 0.3) is 6.08 Å². The van der Waals surface area contributed by atoms with Gasteiger partial charge in [0.2, 0.25) is 5.84 Å². The van der Waals surface area contributed by atoms with Crippen LogP contribution < -0.4 is 0 Å². The second kappa shape index (κ2) is 9.02. The molecule has 0 radical (unpaired) electrons. The zero-order chi connectivity index (χ0) is 17.8. The molecular formula is C16H15Cl3N4O3. The van der Waals surface area contributed by atoms with Gasteiger partial charge in [0.25, 0.3) is 0 Å². The van der Waals surface area contributed by atoms with Gasteiger partial charge in [-0.3, -0.25) is 15.1 Å². The van der Waals surface area contributed by atoms with Crippen LogP contribution in [0.15, 0.2) is 45.6 Å². The number of pyridine rings is 1. The van der Waals surface area contributed by atoms with E-state index in [-0.39, 0.29) is 23.3 Å². The average Bonchev–Trinajstić information content (AvgIpc) is 3.00. The van der Waals surface area contributed by atoms with E-state index in [1.165, 1.54) is 12.1 Å². The third-order valence-electron chi connectivity index (χ3n) is 3.61. The Hall–Kier alpha value is -2.09. The summed E-state index contributed by atoms with van der Waals surface area (Å²) in [6, 6.07) is 6.63. The lowest BCUT2D eigenvalue weighted by molar-refractivity contribution is -0.414. The van der Waals surface area contributed by atoms with Gasteiger partial charge in [0.15, 0.2) is 5.22 Å². The maximum atomic E-state index is 11.6. The van der Waals surface area contributed by atoms with Crippen LogP contribution in [0, 0.1) is 10.1 Å². The topological polar surface area (TPSA) is 84.8 Å². The number of hydrogen-bond donors (Lipinski definition) is 0. The van der Waals surface area contributed by atoms with Gasteiger partial charge in [-0.05, 0) is 41.8 Å². The van der Waals surface area contributed by atoms with E-state index >= 15 is 0 Å². The van der Waals surface area contributed by atoms with Crippen LogP contribution >= 0.6 is 35.6 Å². The quantitative estimate of drug-likeness (QED) is 0.411. The van der Waals surface area contributed by atoms with Crippen molar-refractivity contribution in [3.63, 3.8) is 0 Å². The highest BCUT2D eigenvalue weighted by Gasteiger charge is 2.28. The predicted octanol–water partition coefficient (Wildman–Crippen LogP) is 4.33. The molecule has 138 valence electrons. The van der Waals surface area contributed by atoms with E-state index in [1.807, 2.05) is 11.0 Å². The first-order valence-electron chi connectivity index (χ1n) is 7.54. The molecule has 3 heterocycles. The van der Waals surface area contributed by atoms with Gasteiger partial charge in [-0.15, -0.1) is 12.4 Å². The minimum absolute atomic E-state index is 0. The molecule has 2 aromatic rings. The summed E-state index contributed by atoms with van der Waals surface area (Å²) in [5.41, 5.74) is 0.760. The Labute approximate surface area is 165 Å². The molecule has 0 aliphatic carbocycles. The van der Waals surface area contributed by atoms with Gasteiger partial charge in [0.1, 0.15) is 10.9 Å². The zero-order valence-electron chi connectivity index (χ0n) is 13.5. The van der Waals surface area contributed by atoms with Crippen LogP contribution in [0.1, 0.15) is 17.7 Å². The number of furan rings is 1. The Morgan fingerprint density at radius 1 is 1.35 bits per heavy atom. The molecule has 0 amide bonds. The first-order chi connectivity index (χ1) is 12.0. The van der Waals surface area contributed by atoms with Gasteiger partial charge in [-0.1, -0.05) is 17.7 Å². The molecule has 26 heavy (non-hydrogen) atoms. The average molecular weight is 418 g/mol. The van der Waals surface area contributed by atoms with Crippen molar-refractivity contribution in [2.75, 3.05) is 13.1 Å². The molecule has 0 fully saturated rings. The van der Waals surface area contributed by atoms with Crippen molar-refractivity contribution < 1.29 is 9.34 Å². The smallest absolute Gasteiger partial charge is 0.314 e. The highest BCUT2D eigenvalue weighted by Crippen LogP contribution is 2.20. The summed E-state index contributed by atoms with van der Waals surface area (Å²) in [5.74, 6) is 0.622. The molecule has 0 atom stereocenters. The highest BCUT2D eigenvalue weighted by atomic mass is 35.5. The van der Waals surface area contributed by atoms with E-state index in [9.17, 15) is 10.1 Å². The van der Waals surface area contributed by atoms with Crippen LogP contribution in [0.2, 0.25) is 10.4 Å². The molecule has 0 saturated heterocycles. The molecule has 0 bridgehead atoms. The van der Waals surface area contributed by atoms with E-state index in [0.717, 1.165) is 12.0 Å². The van der Waals surface area contributed by atoms with Crippen molar-refractivity contribution in [2.45, 2.75) is 13.0 Å². The maximum Gasteiger partial charge on any atom is 0.314 e. The van der Waals surface area contributed by atoms with Crippen molar-refractivity contribution in [1.82, 2.24) is 9.88 Å². The van der Waals surface area contributed by atoms with Gasteiger partial charge in [0, 0.05) is 25.8 Å². The monoisotopic (exact) mass is 416 g/mol. The molecule has 0 saturated carbocycles. The molecule has 0 N–H and O–H groups in total. The number of nitrogens with zero attached hydrogens (tertiary/aromatic N) is 4. The van der Waals surface area contributed by atoms with Gasteiger partial charge in [0.05, 0.1) is 11.0 Å². The molecular weight excluding hydrogens is 403 g/mol. The maximum absolute atomic E-state index is 11.6. The number of aromatic nitrogens is 1. The Kier molecular flexibility index (Phi) is 7.02. The lowest BCUT2D eigenvalue weighted by atomic mass is 10.2. The minimum Gasteiger partial charge on any atom is -0.445 e. The summed E-state index contributed by atoms with van der Waals surface area (Å²) in [4.78, 5) is 21.4. The van der Waals surface area contributed by atoms with E-state index in [2.05, 4.69) is 9.98 Å². The molecule has 2 aromatic heterocycles. The van der Waals surface area contributed by atoms with Gasteiger partial charge >= 0.3 is 5.70 Å². The number of halogens is 3. The van der Waals surface area contributed by atoms with Crippen molar-refractivity contribution in [1.29, 1.82) is 0 Å². The third-order valence-corrected chi connectivity index (χ3v) is 4.03. The van der Waals surface area contributed by atoms with Crippen LogP contribution in [0.3, 0.4) is 0 Å². The first-order valence-corrected chi connectivity index (χ1v) is 8.30. The van der Waals surface area contributed by atoms with Crippen molar-refractivity contribution in [2.24, 2.45) is 4.99 Å². The molecule has 0 aromatic carbocycles. The standard InChI is InChI=1S/C16H14Cl2N4O3.ClH/c17-14-4-2-11(9-20-14)10-21-7-1-6-19-16(21)13(22(23)24)8-12-3-5-15(18)25-12;/h2-5,8-9H,1,6-7,10H2;1H/b13-8-;. The fourth-order valence-electron chi connectivity index (χ4n) is 2.51. The fourth-order valence-corrected chi connectivity index (χ4v) is 2.77. The van der Waals surface area contributed by atoms with Crippen LogP contribution in [0.4, 0.5) is 0 Å². The Bertz CT molecular complexity index is 834. The Morgan fingerprint density at radius 2 is 2.15 bits per heavy atom. The second-order valence-corrected chi connectivity index (χ2v) is 6.16. The summed E-state index contributed by atoms with van der Waals surface area (Å²) in [6.07, 6.45) is 3.81. The van der Waals surface area contributed by atoms with E-state index in [1.54, 1.807) is 18.3 Å². The summed E-state index contributed by atoms with van der Waals surface area (Å²) < 4.78 is 5.21. The van der Waals surface area contributed by atoms with E-state index < -0.39 is 4.92 Å². The lowest BCUT2D eigenvalue weighted by Crippen LogP contribution is -2.38. The van der Waals surface area contributed by atoms with Crippen molar-refractivity contribution in [3.8, 4) is 0 Å². The molecule has 10 heteroatoms. The molecule has 3 rings (SSSR count). The number of amidine groups is 1. The number of hydrogen-bond acceptors (Lipinski definition) is 6. The SMILES string of the molecule is Cl.O=[N+]([O-])/C(=C\c1ccc(Cl)o1)C1=NCCCN1Cc1ccc(Cl)nc1.